The lowest BCUT2D eigenvalue weighted by Crippen LogP contribution is -2.07. The van der Waals surface area contributed by atoms with Crippen molar-refractivity contribution in [2.45, 2.75) is 46.5 Å². The summed E-state index contributed by atoms with van der Waals surface area (Å²) in [6.45, 7) is 9.50. The molecule has 1 aromatic heterocycles. The zero-order valence-corrected chi connectivity index (χ0v) is 11.9. The Balaban J connectivity index is 2.99. The first kappa shape index (κ1) is 13.9. The van der Waals surface area contributed by atoms with Gasteiger partial charge in [0.2, 0.25) is 0 Å². The van der Waals surface area contributed by atoms with Crippen molar-refractivity contribution in [3.05, 3.63) is 16.4 Å². The summed E-state index contributed by atoms with van der Waals surface area (Å²) < 4.78 is 1.88. The molecular weight excluding hydrogens is 243 g/mol. The lowest BCUT2D eigenvalue weighted by molar-refractivity contribution is 0.477. The van der Waals surface area contributed by atoms with E-state index in [0.29, 0.717) is 22.9 Å². The highest BCUT2D eigenvalue weighted by atomic mass is 35.5. The number of rotatable bonds is 5. The molecule has 1 heterocycles. The molecule has 0 saturated carbocycles. The second-order valence-corrected chi connectivity index (χ2v) is 5.65. The van der Waals surface area contributed by atoms with E-state index in [1.54, 1.807) is 0 Å². The van der Waals surface area contributed by atoms with E-state index in [2.05, 4.69) is 32.8 Å². The van der Waals surface area contributed by atoms with E-state index in [9.17, 15) is 0 Å². The minimum absolute atomic E-state index is 0.443. The predicted molar refractivity (Wildman–Crippen MR) is 70.2 cm³/mol. The Labute approximate surface area is 108 Å². The maximum absolute atomic E-state index is 6.27. The van der Waals surface area contributed by atoms with Gasteiger partial charge in [-0.15, -0.1) is 11.6 Å². The molecule has 2 nitrogen and oxygen atoms in total. The lowest BCUT2D eigenvalue weighted by atomic mass is 10.1. The maximum Gasteiger partial charge on any atom is 0.131 e. The van der Waals surface area contributed by atoms with Crippen molar-refractivity contribution in [1.82, 2.24) is 9.78 Å². The number of alkyl halides is 1. The molecule has 0 aromatic carbocycles. The average Bonchev–Trinajstić information content (AvgIpc) is 2.41. The molecule has 0 aliphatic heterocycles. The highest BCUT2D eigenvalue weighted by Gasteiger charge is 2.16. The van der Waals surface area contributed by atoms with Crippen LogP contribution in [0, 0.1) is 11.8 Å². The van der Waals surface area contributed by atoms with Gasteiger partial charge in [-0.1, -0.05) is 39.3 Å². The van der Waals surface area contributed by atoms with E-state index in [-0.39, 0.29) is 0 Å². The van der Waals surface area contributed by atoms with Crippen LogP contribution in [0.25, 0.3) is 0 Å². The van der Waals surface area contributed by atoms with Crippen molar-refractivity contribution in [2.75, 3.05) is 0 Å². The monoisotopic (exact) mass is 262 g/mol. The summed E-state index contributed by atoms with van der Waals surface area (Å²) in [4.78, 5) is 0. The van der Waals surface area contributed by atoms with E-state index >= 15 is 0 Å². The molecule has 4 heteroatoms. The molecular formula is C12H20Cl2N2. The molecule has 0 atom stereocenters. The Morgan fingerprint density at radius 3 is 2.25 bits per heavy atom. The van der Waals surface area contributed by atoms with Crippen LogP contribution in [0.15, 0.2) is 0 Å². The number of halogens is 2. The van der Waals surface area contributed by atoms with Gasteiger partial charge in [0.15, 0.2) is 0 Å². The van der Waals surface area contributed by atoms with E-state index < -0.39 is 0 Å². The smallest absolute Gasteiger partial charge is 0.131 e. The normalized spacial score (nSPS) is 11.8. The molecule has 92 valence electrons. The van der Waals surface area contributed by atoms with Gasteiger partial charge in [0.1, 0.15) is 5.15 Å². The molecule has 0 fully saturated rings. The van der Waals surface area contributed by atoms with Crippen LogP contribution in [0.4, 0.5) is 0 Å². The van der Waals surface area contributed by atoms with Crippen LogP contribution >= 0.6 is 23.2 Å². The summed E-state index contributed by atoms with van der Waals surface area (Å²) >= 11 is 12.2. The SMILES string of the molecule is CC(C)Cc1nn(CC(C)C)c(Cl)c1CCl. The van der Waals surface area contributed by atoms with Gasteiger partial charge in [-0.2, -0.15) is 5.10 Å². The Morgan fingerprint density at radius 2 is 1.81 bits per heavy atom. The maximum atomic E-state index is 6.27. The van der Waals surface area contributed by atoms with Crippen LogP contribution in [-0.2, 0) is 18.8 Å². The summed E-state index contributed by atoms with van der Waals surface area (Å²) in [6.07, 6.45) is 0.937. The lowest BCUT2D eigenvalue weighted by Gasteiger charge is -2.05. The van der Waals surface area contributed by atoms with Crippen molar-refractivity contribution in [2.24, 2.45) is 11.8 Å². The summed E-state index contributed by atoms with van der Waals surface area (Å²) in [5, 5.41) is 5.27. The number of aromatic nitrogens is 2. The van der Waals surface area contributed by atoms with E-state index in [4.69, 9.17) is 23.2 Å². The molecule has 0 aliphatic rings. The van der Waals surface area contributed by atoms with Crippen LogP contribution in [0.3, 0.4) is 0 Å². The Morgan fingerprint density at radius 1 is 1.19 bits per heavy atom. The van der Waals surface area contributed by atoms with Crippen molar-refractivity contribution in [3.63, 3.8) is 0 Å². The fourth-order valence-corrected chi connectivity index (χ4v) is 2.31. The second-order valence-electron chi connectivity index (χ2n) is 5.02. The minimum atomic E-state index is 0.443. The molecule has 1 aromatic rings. The molecule has 0 bridgehead atoms. The van der Waals surface area contributed by atoms with Crippen LogP contribution in [0.1, 0.15) is 39.0 Å². The molecule has 1 rings (SSSR count). The van der Waals surface area contributed by atoms with E-state index in [1.165, 1.54) is 0 Å². The quantitative estimate of drug-likeness (QED) is 0.730. The summed E-state index contributed by atoms with van der Waals surface area (Å²) in [5.74, 6) is 1.55. The topological polar surface area (TPSA) is 17.8 Å². The van der Waals surface area contributed by atoms with Crippen molar-refractivity contribution in [3.8, 4) is 0 Å². The molecule has 0 N–H and O–H groups in total. The van der Waals surface area contributed by atoms with E-state index in [1.807, 2.05) is 4.68 Å². The van der Waals surface area contributed by atoms with Gasteiger partial charge >= 0.3 is 0 Å². The first-order chi connectivity index (χ1) is 7.45. The second kappa shape index (κ2) is 5.92. The zero-order chi connectivity index (χ0) is 12.3. The van der Waals surface area contributed by atoms with Gasteiger partial charge in [-0.25, -0.2) is 0 Å². The number of nitrogens with zero attached hydrogens (tertiary/aromatic N) is 2. The molecule has 16 heavy (non-hydrogen) atoms. The van der Waals surface area contributed by atoms with E-state index in [0.717, 1.165) is 24.2 Å². The van der Waals surface area contributed by atoms with Crippen molar-refractivity contribution >= 4 is 23.2 Å². The molecule has 0 aliphatic carbocycles. The predicted octanol–water partition coefficient (Wildman–Crippen LogP) is 4.13. The Kier molecular flexibility index (Phi) is 5.13. The number of hydrogen-bond donors (Lipinski definition) is 0. The van der Waals surface area contributed by atoms with Gasteiger partial charge in [0.25, 0.3) is 0 Å². The molecule has 0 radical (unpaired) electrons. The van der Waals surface area contributed by atoms with Gasteiger partial charge in [0, 0.05) is 12.1 Å². The summed E-state index contributed by atoms with van der Waals surface area (Å²) in [6, 6.07) is 0. The third kappa shape index (κ3) is 3.39. The van der Waals surface area contributed by atoms with Crippen LogP contribution in [-0.4, -0.2) is 9.78 Å². The van der Waals surface area contributed by atoms with Gasteiger partial charge in [-0.05, 0) is 18.3 Å². The first-order valence-corrected chi connectivity index (χ1v) is 6.67. The van der Waals surface area contributed by atoms with Gasteiger partial charge < -0.3 is 0 Å². The molecule has 0 spiro atoms. The fourth-order valence-electron chi connectivity index (χ4n) is 1.67. The molecule has 0 saturated heterocycles. The average molecular weight is 263 g/mol. The van der Waals surface area contributed by atoms with Crippen LogP contribution in [0.2, 0.25) is 5.15 Å². The van der Waals surface area contributed by atoms with Crippen molar-refractivity contribution in [1.29, 1.82) is 0 Å². The van der Waals surface area contributed by atoms with Gasteiger partial charge in [-0.3, -0.25) is 4.68 Å². The van der Waals surface area contributed by atoms with Crippen LogP contribution in [0.5, 0.6) is 0 Å². The zero-order valence-electron chi connectivity index (χ0n) is 10.4. The summed E-state index contributed by atoms with van der Waals surface area (Å²) in [5.41, 5.74) is 2.05. The minimum Gasteiger partial charge on any atom is -0.253 e. The van der Waals surface area contributed by atoms with Gasteiger partial charge in [0.05, 0.1) is 11.6 Å². The first-order valence-electron chi connectivity index (χ1n) is 5.75. The fraction of sp³-hybridized carbons (Fsp3) is 0.750. The molecule has 0 unspecified atom stereocenters. The molecule has 0 amide bonds. The van der Waals surface area contributed by atoms with Crippen LogP contribution < -0.4 is 0 Å². The standard InChI is InChI=1S/C12H20Cl2N2/c1-8(2)5-11-10(6-13)12(14)16(15-11)7-9(3)4/h8-9H,5-7H2,1-4H3. The Bertz CT molecular complexity index is 343. The third-order valence-electron chi connectivity index (χ3n) is 2.34. The third-order valence-corrected chi connectivity index (χ3v) is 3.03. The number of hydrogen-bond acceptors (Lipinski definition) is 1. The highest BCUT2D eigenvalue weighted by Crippen LogP contribution is 2.24. The highest BCUT2D eigenvalue weighted by molar-refractivity contribution is 6.31. The van der Waals surface area contributed by atoms with Crippen molar-refractivity contribution < 1.29 is 0 Å². The summed E-state index contributed by atoms with van der Waals surface area (Å²) in [7, 11) is 0. The largest absolute Gasteiger partial charge is 0.253 e. The Hall–Kier alpha value is -0.210.